The molecule has 0 fully saturated rings. The molecule has 0 radical (unpaired) electrons. The molecule has 1 nitrogen and oxygen atoms in total. The smallest absolute Gasteiger partial charge is 0.123 e. The monoisotopic (exact) mass is 225 g/mol. The zero-order chi connectivity index (χ0) is 12.0. The Balaban J connectivity index is 2.13. The predicted molar refractivity (Wildman–Crippen MR) is 67.1 cm³/mol. The molecule has 0 unspecified atom stereocenters. The summed E-state index contributed by atoms with van der Waals surface area (Å²) in [6, 6.07) is 8.58. The molecule has 0 amide bonds. The van der Waals surface area contributed by atoms with E-state index < -0.39 is 0 Å². The lowest BCUT2D eigenvalue weighted by atomic mass is 10.1. The fourth-order valence-electron chi connectivity index (χ4n) is 1.97. The van der Waals surface area contributed by atoms with Crippen molar-refractivity contribution in [2.45, 2.75) is 13.3 Å². The van der Waals surface area contributed by atoms with Gasteiger partial charge in [0.25, 0.3) is 0 Å². The number of nitrogens with zero attached hydrogens (tertiary/aromatic N) is 1. The van der Waals surface area contributed by atoms with E-state index in [1.165, 1.54) is 23.3 Å². The quantitative estimate of drug-likeness (QED) is 0.646. The van der Waals surface area contributed by atoms with Gasteiger partial charge >= 0.3 is 0 Å². The van der Waals surface area contributed by atoms with E-state index in [0.717, 1.165) is 28.9 Å². The lowest BCUT2D eigenvalue weighted by molar-refractivity contribution is 0.628. The zero-order valence-corrected chi connectivity index (χ0v) is 9.63. The Labute approximate surface area is 99.6 Å². The predicted octanol–water partition coefficient (Wildman–Crippen LogP) is 3.83. The van der Waals surface area contributed by atoms with Crippen LogP contribution in [0.4, 0.5) is 4.39 Å². The Morgan fingerprint density at radius 3 is 2.65 bits per heavy atom. The van der Waals surface area contributed by atoms with Gasteiger partial charge in [0, 0.05) is 12.0 Å². The van der Waals surface area contributed by atoms with Gasteiger partial charge in [-0.1, -0.05) is 6.58 Å². The van der Waals surface area contributed by atoms with Crippen LogP contribution >= 0.6 is 0 Å². The standard InChI is InChI=1S/C15H12FN/c1-9(2)14-8-11-7-13(11)15(17-14)10-3-5-12(16)6-4-10/h3-6,8H,1,7H2,2H3. The SMILES string of the molecule is C=C(C)c1cc2c(c(-c3ccc(F)cc3)n1)C2. The Morgan fingerprint density at radius 1 is 1.29 bits per heavy atom. The highest BCUT2D eigenvalue weighted by Gasteiger charge is 2.24. The summed E-state index contributed by atoms with van der Waals surface area (Å²) in [6.45, 7) is 5.87. The summed E-state index contributed by atoms with van der Waals surface area (Å²) in [4.78, 5) is 4.60. The number of rotatable bonds is 2. The van der Waals surface area contributed by atoms with Crippen LogP contribution in [0.25, 0.3) is 16.8 Å². The van der Waals surface area contributed by atoms with Crippen LogP contribution in [0.5, 0.6) is 0 Å². The number of benzene rings is 1. The van der Waals surface area contributed by atoms with E-state index in [1.807, 2.05) is 6.92 Å². The fraction of sp³-hybridized carbons (Fsp3) is 0.133. The van der Waals surface area contributed by atoms with Gasteiger partial charge in [0.05, 0.1) is 11.4 Å². The lowest BCUT2D eigenvalue weighted by Gasteiger charge is -2.03. The molecule has 84 valence electrons. The van der Waals surface area contributed by atoms with Gasteiger partial charge < -0.3 is 0 Å². The summed E-state index contributed by atoms with van der Waals surface area (Å²) < 4.78 is 12.9. The molecule has 17 heavy (non-hydrogen) atoms. The number of aromatic nitrogens is 1. The fourth-order valence-corrected chi connectivity index (χ4v) is 1.97. The molecule has 2 heteroatoms. The molecule has 1 aliphatic rings. The van der Waals surface area contributed by atoms with Crippen LogP contribution in [-0.4, -0.2) is 4.98 Å². The third kappa shape index (κ3) is 1.76. The van der Waals surface area contributed by atoms with Crippen molar-refractivity contribution in [3.63, 3.8) is 0 Å². The first-order valence-corrected chi connectivity index (χ1v) is 5.60. The number of halogens is 1. The summed E-state index contributed by atoms with van der Waals surface area (Å²) in [5.41, 5.74) is 6.45. The van der Waals surface area contributed by atoms with Gasteiger partial charge in [-0.25, -0.2) is 9.37 Å². The van der Waals surface area contributed by atoms with Crippen LogP contribution in [-0.2, 0) is 6.42 Å². The van der Waals surface area contributed by atoms with Crippen molar-refractivity contribution in [1.29, 1.82) is 0 Å². The minimum Gasteiger partial charge on any atom is -0.248 e. The van der Waals surface area contributed by atoms with Crippen LogP contribution < -0.4 is 0 Å². The highest BCUT2D eigenvalue weighted by atomic mass is 19.1. The number of fused-ring (bicyclic) bond motifs is 1. The highest BCUT2D eigenvalue weighted by molar-refractivity contribution is 5.74. The lowest BCUT2D eigenvalue weighted by Crippen LogP contribution is -1.89. The van der Waals surface area contributed by atoms with Crippen LogP contribution in [0.1, 0.15) is 23.7 Å². The molecular weight excluding hydrogens is 213 g/mol. The average Bonchev–Trinajstić information content (AvgIpc) is 3.07. The van der Waals surface area contributed by atoms with Crippen molar-refractivity contribution >= 4 is 5.57 Å². The second kappa shape index (κ2) is 3.52. The van der Waals surface area contributed by atoms with Gasteiger partial charge in [-0.3, -0.25) is 0 Å². The number of allylic oxidation sites excluding steroid dienone is 1. The molecule has 3 rings (SSSR count). The van der Waals surface area contributed by atoms with Crippen LogP contribution in [0.2, 0.25) is 0 Å². The molecule has 1 aromatic heterocycles. The Kier molecular flexibility index (Phi) is 2.11. The molecule has 0 spiro atoms. The molecule has 0 bridgehead atoms. The Hall–Kier alpha value is -1.96. The maximum Gasteiger partial charge on any atom is 0.123 e. The summed E-state index contributed by atoms with van der Waals surface area (Å²) in [5, 5.41) is 0. The highest BCUT2D eigenvalue weighted by Crippen LogP contribution is 2.37. The van der Waals surface area contributed by atoms with Crippen molar-refractivity contribution in [1.82, 2.24) is 4.98 Å². The second-order valence-electron chi connectivity index (χ2n) is 4.46. The first-order chi connectivity index (χ1) is 8.15. The summed E-state index contributed by atoms with van der Waals surface area (Å²) in [7, 11) is 0. The molecule has 1 aliphatic carbocycles. The molecule has 0 atom stereocenters. The van der Waals surface area contributed by atoms with Gasteiger partial charge in [0.15, 0.2) is 0 Å². The summed E-state index contributed by atoms with van der Waals surface area (Å²) >= 11 is 0. The Morgan fingerprint density at radius 2 is 2.00 bits per heavy atom. The van der Waals surface area contributed by atoms with Crippen molar-refractivity contribution < 1.29 is 4.39 Å². The first kappa shape index (κ1) is 10.2. The van der Waals surface area contributed by atoms with Gasteiger partial charge in [-0.15, -0.1) is 0 Å². The van der Waals surface area contributed by atoms with E-state index in [9.17, 15) is 4.39 Å². The molecule has 2 aromatic rings. The van der Waals surface area contributed by atoms with E-state index in [0.29, 0.717) is 0 Å². The summed E-state index contributed by atoms with van der Waals surface area (Å²) in [6.07, 6.45) is 0.993. The van der Waals surface area contributed by atoms with Gasteiger partial charge in [-0.05, 0) is 54.0 Å². The second-order valence-corrected chi connectivity index (χ2v) is 4.46. The molecule has 0 N–H and O–H groups in total. The van der Waals surface area contributed by atoms with E-state index in [1.54, 1.807) is 12.1 Å². The average molecular weight is 225 g/mol. The van der Waals surface area contributed by atoms with Crippen LogP contribution in [0.15, 0.2) is 36.9 Å². The van der Waals surface area contributed by atoms with Crippen molar-refractivity contribution in [2.24, 2.45) is 0 Å². The third-order valence-corrected chi connectivity index (χ3v) is 3.01. The van der Waals surface area contributed by atoms with E-state index in [2.05, 4.69) is 17.6 Å². The van der Waals surface area contributed by atoms with Gasteiger partial charge in [-0.2, -0.15) is 0 Å². The Bertz CT molecular complexity index is 612. The van der Waals surface area contributed by atoms with Crippen LogP contribution in [0, 0.1) is 5.82 Å². The largest absolute Gasteiger partial charge is 0.248 e. The minimum atomic E-state index is -0.217. The number of hydrogen-bond acceptors (Lipinski definition) is 1. The zero-order valence-electron chi connectivity index (χ0n) is 9.63. The topological polar surface area (TPSA) is 12.9 Å². The first-order valence-electron chi connectivity index (χ1n) is 5.60. The normalized spacial score (nSPS) is 12.1. The molecule has 1 heterocycles. The molecule has 1 aromatic carbocycles. The van der Waals surface area contributed by atoms with Crippen LogP contribution in [0.3, 0.4) is 0 Å². The number of hydrogen-bond donors (Lipinski definition) is 0. The molecule has 0 aliphatic heterocycles. The van der Waals surface area contributed by atoms with Gasteiger partial charge in [0.2, 0.25) is 0 Å². The molecule has 0 saturated heterocycles. The van der Waals surface area contributed by atoms with Crippen molar-refractivity contribution in [3.05, 3.63) is 59.5 Å². The molecule has 0 saturated carbocycles. The maximum atomic E-state index is 12.9. The van der Waals surface area contributed by atoms with E-state index >= 15 is 0 Å². The van der Waals surface area contributed by atoms with Gasteiger partial charge in [0.1, 0.15) is 5.82 Å². The van der Waals surface area contributed by atoms with E-state index in [4.69, 9.17) is 0 Å². The minimum absolute atomic E-state index is 0.217. The van der Waals surface area contributed by atoms with Crippen molar-refractivity contribution in [2.75, 3.05) is 0 Å². The van der Waals surface area contributed by atoms with Crippen molar-refractivity contribution in [3.8, 4) is 11.3 Å². The summed E-state index contributed by atoms with van der Waals surface area (Å²) in [5.74, 6) is -0.217. The number of pyridine rings is 1. The third-order valence-electron chi connectivity index (χ3n) is 3.01. The van der Waals surface area contributed by atoms with E-state index in [-0.39, 0.29) is 5.82 Å². The molecular formula is C15H12FN. The maximum absolute atomic E-state index is 12.9.